The van der Waals surface area contributed by atoms with E-state index in [2.05, 4.69) is 15.5 Å². The van der Waals surface area contributed by atoms with Crippen LogP contribution < -0.4 is 10.1 Å². The summed E-state index contributed by atoms with van der Waals surface area (Å²) in [4.78, 5) is 0. The molecular formula is C10H17N3O2S. The second-order valence-corrected chi connectivity index (χ2v) is 4.82. The quantitative estimate of drug-likeness (QED) is 0.842. The Morgan fingerprint density at radius 1 is 1.50 bits per heavy atom. The van der Waals surface area contributed by atoms with Crippen molar-refractivity contribution in [3.8, 4) is 5.19 Å². The molecule has 1 aliphatic rings. The molecule has 1 aliphatic heterocycles. The fourth-order valence-electron chi connectivity index (χ4n) is 1.62. The highest BCUT2D eigenvalue weighted by Gasteiger charge is 2.15. The van der Waals surface area contributed by atoms with E-state index in [-0.39, 0.29) is 6.10 Å². The Bertz CT molecular complexity index is 313. The van der Waals surface area contributed by atoms with Crippen molar-refractivity contribution in [1.29, 1.82) is 0 Å². The molecular weight excluding hydrogens is 226 g/mol. The Morgan fingerprint density at radius 2 is 2.44 bits per heavy atom. The zero-order chi connectivity index (χ0) is 11.2. The molecule has 1 aromatic heterocycles. The summed E-state index contributed by atoms with van der Waals surface area (Å²) in [7, 11) is 1.89. The molecule has 1 atom stereocenters. The summed E-state index contributed by atoms with van der Waals surface area (Å²) in [5.41, 5.74) is 0. The fraction of sp³-hybridized carbons (Fsp3) is 0.800. The molecule has 0 aromatic carbocycles. The zero-order valence-electron chi connectivity index (χ0n) is 9.44. The third kappa shape index (κ3) is 3.40. The lowest BCUT2D eigenvalue weighted by Crippen LogP contribution is -2.25. The second kappa shape index (κ2) is 6.12. The largest absolute Gasteiger partial charge is 0.466 e. The Labute approximate surface area is 99.2 Å². The Balaban J connectivity index is 1.75. The molecule has 1 unspecified atom stereocenters. The monoisotopic (exact) mass is 243 g/mol. The first-order chi connectivity index (χ1) is 7.88. The predicted octanol–water partition coefficient (Wildman–Crippen LogP) is 1.21. The lowest BCUT2D eigenvalue weighted by atomic mass is 10.1. The maximum atomic E-state index is 5.57. The minimum absolute atomic E-state index is 0.227. The smallest absolute Gasteiger partial charge is 0.294 e. The van der Waals surface area contributed by atoms with Crippen LogP contribution >= 0.6 is 11.3 Å². The predicted molar refractivity (Wildman–Crippen MR) is 61.8 cm³/mol. The van der Waals surface area contributed by atoms with E-state index in [1.807, 2.05) is 7.05 Å². The van der Waals surface area contributed by atoms with E-state index < -0.39 is 0 Å². The van der Waals surface area contributed by atoms with Gasteiger partial charge in [0.2, 0.25) is 0 Å². The first-order valence-electron chi connectivity index (χ1n) is 5.60. The van der Waals surface area contributed by atoms with Crippen molar-refractivity contribution in [2.75, 3.05) is 20.3 Å². The molecule has 90 valence electrons. The summed E-state index contributed by atoms with van der Waals surface area (Å²) >= 11 is 1.48. The number of hydrogen-bond acceptors (Lipinski definition) is 6. The van der Waals surface area contributed by atoms with E-state index in [1.54, 1.807) is 0 Å². The van der Waals surface area contributed by atoms with E-state index in [4.69, 9.17) is 9.47 Å². The molecule has 1 saturated heterocycles. The summed E-state index contributed by atoms with van der Waals surface area (Å²) in [6.45, 7) is 2.18. The lowest BCUT2D eigenvalue weighted by molar-refractivity contribution is -0.0112. The first-order valence-corrected chi connectivity index (χ1v) is 6.41. The van der Waals surface area contributed by atoms with Crippen molar-refractivity contribution >= 4 is 11.3 Å². The topological polar surface area (TPSA) is 56.3 Å². The number of nitrogens with zero attached hydrogens (tertiary/aromatic N) is 2. The molecule has 0 bridgehead atoms. The van der Waals surface area contributed by atoms with Gasteiger partial charge in [0.15, 0.2) is 0 Å². The van der Waals surface area contributed by atoms with E-state index in [0.717, 1.165) is 24.6 Å². The van der Waals surface area contributed by atoms with Crippen molar-refractivity contribution in [2.45, 2.75) is 31.9 Å². The molecule has 16 heavy (non-hydrogen) atoms. The van der Waals surface area contributed by atoms with E-state index in [0.29, 0.717) is 11.8 Å². The van der Waals surface area contributed by atoms with Crippen LogP contribution in [-0.4, -0.2) is 36.6 Å². The molecule has 6 heteroatoms. The minimum Gasteiger partial charge on any atom is -0.466 e. The molecule has 1 fully saturated rings. The maximum Gasteiger partial charge on any atom is 0.294 e. The van der Waals surface area contributed by atoms with Crippen LogP contribution in [0.1, 0.15) is 24.3 Å². The van der Waals surface area contributed by atoms with Crippen LogP contribution in [0.3, 0.4) is 0 Å². The van der Waals surface area contributed by atoms with Gasteiger partial charge >= 0.3 is 0 Å². The van der Waals surface area contributed by atoms with Crippen LogP contribution in [-0.2, 0) is 11.3 Å². The van der Waals surface area contributed by atoms with E-state index in [9.17, 15) is 0 Å². The van der Waals surface area contributed by atoms with E-state index in [1.165, 1.54) is 24.2 Å². The van der Waals surface area contributed by atoms with Crippen molar-refractivity contribution in [3.63, 3.8) is 0 Å². The van der Waals surface area contributed by atoms with Crippen molar-refractivity contribution in [3.05, 3.63) is 5.01 Å². The Morgan fingerprint density at radius 3 is 3.19 bits per heavy atom. The average Bonchev–Trinajstić information content (AvgIpc) is 2.76. The van der Waals surface area contributed by atoms with Gasteiger partial charge in [-0.05, 0) is 26.3 Å². The Hall–Kier alpha value is -0.720. The van der Waals surface area contributed by atoms with Crippen LogP contribution in [0, 0.1) is 0 Å². The van der Waals surface area contributed by atoms with Gasteiger partial charge in [-0.2, -0.15) is 0 Å². The molecule has 2 rings (SSSR count). The molecule has 1 N–H and O–H groups in total. The van der Waals surface area contributed by atoms with Crippen molar-refractivity contribution < 1.29 is 9.47 Å². The third-order valence-electron chi connectivity index (χ3n) is 2.44. The summed E-state index contributed by atoms with van der Waals surface area (Å²) in [6.07, 6.45) is 3.71. The van der Waals surface area contributed by atoms with Crippen LogP contribution in [0.15, 0.2) is 0 Å². The standard InChI is InChI=1S/C10H17N3O2S/c1-11-6-9-12-13-10(16-9)15-7-8-4-2-3-5-14-8/h8,11H,2-7H2,1H3. The van der Waals surface area contributed by atoms with Gasteiger partial charge in [-0.25, -0.2) is 0 Å². The highest BCUT2D eigenvalue weighted by molar-refractivity contribution is 7.13. The molecule has 0 spiro atoms. The molecule has 2 heterocycles. The van der Waals surface area contributed by atoms with Gasteiger partial charge in [0.05, 0.1) is 6.10 Å². The van der Waals surface area contributed by atoms with Gasteiger partial charge < -0.3 is 14.8 Å². The lowest BCUT2D eigenvalue weighted by Gasteiger charge is -2.21. The SMILES string of the molecule is CNCc1nnc(OCC2CCCCO2)s1. The van der Waals surface area contributed by atoms with Gasteiger partial charge in [-0.1, -0.05) is 11.3 Å². The molecule has 0 saturated carbocycles. The van der Waals surface area contributed by atoms with E-state index >= 15 is 0 Å². The second-order valence-electron chi connectivity index (χ2n) is 3.79. The van der Waals surface area contributed by atoms with Crippen LogP contribution in [0.2, 0.25) is 0 Å². The summed E-state index contributed by atoms with van der Waals surface area (Å²) in [5.74, 6) is 0. The first kappa shape index (κ1) is 11.8. The molecule has 1 aromatic rings. The van der Waals surface area contributed by atoms with Crippen molar-refractivity contribution in [2.24, 2.45) is 0 Å². The fourth-order valence-corrected chi connectivity index (χ4v) is 2.33. The number of nitrogens with one attached hydrogen (secondary N) is 1. The molecule has 0 amide bonds. The van der Waals surface area contributed by atoms with Gasteiger partial charge in [0, 0.05) is 13.2 Å². The van der Waals surface area contributed by atoms with Gasteiger partial charge in [0.25, 0.3) is 5.19 Å². The number of rotatable bonds is 5. The van der Waals surface area contributed by atoms with Gasteiger partial charge in [-0.3, -0.25) is 0 Å². The molecule has 0 radical (unpaired) electrons. The highest BCUT2D eigenvalue weighted by Crippen LogP contribution is 2.19. The molecule has 0 aliphatic carbocycles. The summed E-state index contributed by atoms with van der Waals surface area (Å²) < 4.78 is 11.1. The normalized spacial score (nSPS) is 20.9. The summed E-state index contributed by atoms with van der Waals surface area (Å²) in [5, 5.41) is 12.6. The highest BCUT2D eigenvalue weighted by atomic mass is 32.1. The minimum atomic E-state index is 0.227. The van der Waals surface area contributed by atoms with Gasteiger partial charge in [-0.15, -0.1) is 10.2 Å². The molecule has 5 nitrogen and oxygen atoms in total. The van der Waals surface area contributed by atoms with Crippen molar-refractivity contribution in [1.82, 2.24) is 15.5 Å². The maximum absolute atomic E-state index is 5.57. The van der Waals surface area contributed by atoms with Crippen LogP contribution in [0.5, 0.6) is 5.19 Å². The number of hydrogen-bond donors (Lipinski definition) is 1. The number of ether oxygens (including phenoxy) is 2. The van der Waals surface area contributed by atoms with Gasteiger partial charge in [0.1, 0.15) is 11.6 Å². The zero-order valence-corrected chi connectivity index (χ0v) is 10.3. The number of aromatic nitrogens is 2. The third-order valence-corrected chi connectivity index (χ3v) is 3.28. The summed E-state index contributed by atoms with van der Waals surface area (Å²) in [6, 6.07) is 0. The van der Waals surface area contributed by atoms with Crippen LogP contribution in [0.4, 0.5) is 0 Å². The average molecular weight is 243 g/mol. The Kier molecular flexibility index (Phi) is 4.50. The van der Waals surface area contributed by atoms with Crippen LogP contribution in [0.25, 0.3) is 0 Å².